The summed E-state index contributed by atoms with van der Waals surface area (Å²) in [5.74, 6) is 1.41. The summed E-state index contributed by atoms with van der Waals surface area (Å²) in [7, 11) is 0. The van der Waals surface area contributed by atoms with Crippen molar-refractivity contribution in [3.8, 4) is 0 Å². The summed E-state index contributed by atoms with van der Waals surface area (Å²) in [5, 5.41) is 2.83. The summed E-state index contributed by atoms with van der Waals surface area (Å²) >= 11 is 0. The van der Waals surface area contributed by atoms with Gasteiger partial charge >= 0.3 is 0 Å². The van der Waals surface area contributed by atoms with Crippen LogP contribution >= 0.6 is 0 Å². The number of rotatable bonds is 5. The van der Waals surface area contributed by atoms with Gasteiger partial charge in [-0.1, -0.05) is 6.92 Å². The minimum absolute atomic E-state index is 0.00622. The van der Waals surface area contributed by atoms with Crippen molar-refractivity contribution in [3.05, 3.63) is 17.8 Å². The second-order valence-corrected chi connectivity index (χ2v) is 4.96. The molecule has 19 heavy (non-hydrogen) atoms. The molecule has 1 aliphatic rings. The first-order valence-electron chi connectivity index (χ1n) is 6.85. The molecular formula is C13H22N4O2. The fourth-order valence-electron chi connectivity index (χ4n) is 2.14. The number of nitrogens with zero attached hydrogens (tertiary/aromatic N) is 2. The highest BCUT2D eigenvalue weighted by Crippen LogP contribution is 2.07. The van der Waals surface area contributed by atoms with Crippen molar-refractivity contribution < 1.29 is 9.21 Å². The highest BCUT2D eigenvalue weighted by atomic mass is 16.4. The van der Waals surface area contributed by atoms with E-state index in [1.165, 1.54) is 0 Å². The highest BCUT2D eigenvalue weighted by molar-refractivity contribution is 5.77. The molecule has 0 atom stereocenters. The van der Waals surface area contributed by atoms with E-state index in [0.29, 0.717) is 25.0 Å². The van der Waals surface area contributed by atoms with Gasteiger partial charge in [0, 0.05) is 25.6 Å². The molecule has 1 aromatic rings. The number of carbonyl (C=O) groups is 1. The van der Waals surface area contributed by atoms with Crippen LogP contribution in [-0.4, -0.2) is 41.5 Å². The fraction of sp³-hybridized carbons (Fsp3) is 0.692. The third-order valence-corrected chi connectivity index (χ3v) is 3.39. The van der Waals surface area contributed by atoms with Crippen molar-refractivity contribution in [2.75, 3.05) is 19.6 Å². The van der Waals surface area contributed by atoms with E-state index < -0.39 is 0 Å². The van der Waals surface area contributed by atoms with Crippen molar-refractivity contribution in [3.63, 3.8) is 0 Å². The summed E-state index contributed by atoms with van der Waals surface area (Å²) in [4.78, 5) is 18.0. The van der Waals surface area contributed by atoms with Gasteiger partial charge < -0.3 is 15.5 Å². The Morgan fingerprint density at radius 1 is 1.58 bits per heavy atom. The summed E-state index contributed by atoms with van der Waals surface area (Å²) < 4.78 is 5.43. The van der Waals surface area contributed by atoms with E-state index in [2.05, 4.69) is 15.2 Å². The Bertz CT molecular complexity index is 411. The molecule has 0 spiro atoms. The molecule has 1 fully saturated rings. The van der Waals surface area contributed by atoms with Crippen LogP contribution < -0.4 is 11.1 Å². The number of carbonyl (C=O) groups excluding carboxylic acids is 1. The Morgan fingerprint density at radius 2 is 2.32 bits per heavy atom. The molecule has 0 unspecified atom stereocenters. The van der Waals surface area contributed by atoms with Gasteiger partial charge in [0.05, 0.1) is 19.3 Å². The highest BCUT2D eigenvalue weighted by Gasteiger charge is 2.18. The van der Waals surface area contributed by atoms with Crippen LogP contribution in [0.25, 0.3) is 0 Å². The second kappa shape index (κ2) is 6.68. The Labute approximate surface area is 113 Å². The summed E-state index contributed by atoms with van der Waals surface area (Å²) in [6.07, 6.45) is 4.45. The third kappa shape index (κ3) is 4.33. The van der Waals surface area contributed by atoms with Gasteiger partial charge in [0.15, 0.2) is 0 Å². The van der Waals surface area contributed by atoms with E-state index in [-0.39, 0.29) is 5.91 Å². The number of aromatic nitrogens is 1. The zero-order valence-electron chi connectivity index (χ0n) is 11.4. The van der Waals surface area contributed by atoms with Gasteiger partial charge in [-0.25, -0.2) is 4.98 Å². The van der Waals surface area contributed by atoms with E-state index in [1.54, 1.807) is 6.20 Å². The molecule has 106 valence electrons. The molecule has 1 saturated heterocycles. The molecule has 6 nitrogen and oxygen atoms in total. The van der Waals surface area contributed by atoms with Gasteiger partial charge in [-0.2, -0.15) is 0 Å². The number of hydrogen-bond donors (Lipinski definition) is 2. The summed E-state index contributed by atoms with van der Waals surface area (Å²) in [6, 6.07) is 0.291. The van der Waals surface area contributed by atoms with Crippen LogP contribution in [0.4, 0.5) is 0 Å². The first-order chi connectivity index (χ1) is 9.17. The minimum Gasteiger partial charge on any atom is -0.444 e. The average Bonchev–Trinajstić information content (AvgIpc) is 2.87. The Hall–Kier alpha value is -1.40. The normalized spacial score (nSPS) is 17.6. The van der Waals surface area contributed by atoms with Crippen LogP contribution in [-0.2, 0) is 17.8 Å². The molecule has 0 aliphatic carbocycles. The molecule has 1 aromatic heterocycles. The van der Waals surface area contributed by atoms with Gasteiger partial charge in [-0.05, 0) is 12.8 Å². The monoisotopic (exact) mass is 266 g/mol. The zero-order valence-corrected chi connectivity index (χ0v) is 11.4. The van der Waals surface area contributed by atoms with Crippen LogP contribution in [0.3, 0.4) is 0 Å². The van der Waals surface area contributed by atoms with Crippen LogP contribution in [0.15, 0.2) is 10.6 Å². The standard InChI is InChI=1S/C13H22N4O2/c1-2-11-7-16-13(19-11)8-15-12(18)9-17-5-3-10(14)4-6-17/h7,10H,2-6,8-9,14H2,1H3,(H,15,18). The van der Waals surface area contributed by atoms with E-state index in [1.807, 2.05) is 6.92 Å². The number of likely N-dealkylation sites (tertiary alicyclic amines) is 1. The van der Waals surface area contributed by atoms with Crippen molar-refractivity contribution in [1.29, 1.82) is 0 Å². The largest absolute Gasteiger partial charge is 0.444 e. The number of amides is 1. The maximum absolute atomic E-state index is 11.8. The van der Waals surface area contributed by atoms with Crippen molar-refractivity contribution in [2.24, 2.45) is 5.73 Å². The SMILES string of the molecule is CCc1cnc(CNC(=O)CN2CCC(N)CC2)o1. The summed E-state index contributed by atoms with van der Waals surface area (Å²) in [5.41, 5.74) is 5.83. The molecule has 0 saturated carbocycles. The lowest BCUT2D eigenvalue weighted by atomic mass is 10.1. The maximum atomic E-state index is 11.8. The Kier molecular flexibility index (Phi) is 4.93. The Morgan fingerprint density at radius 3 is 2.95 bits per heavy atom. The molecule has 2 rings (SSSR count). The number of oxazole rings is 1. The topological polar surface area (TPSA) is 84.4 Å². The lowest BCUT2D eigenvalue weighted by Gasteiger charge is -2.29. The van der Waals surface area contributed by atoms with Gasteiger partial charge in [0.1, 0.15) is 5.76 Å². The number of piperidine rings is 1. The lowest BCUT2D eigenvalue weighted by molar-refractivity contribution is -0.122. The Balaban J connectivity index is 1.69. The van der Waals surface area contributed by atoms with E-state index in [9.17, 15) is 4.79 Å². The number of aryl methyl sites for hydroxylation is 1. The molecule has 0 radical (unpaired) electrons. The predicted molar refractivity (Wildman–Crippen MR) is 71.4 cm³/mol. The predicted octanol–water partition coefficient (Wildman–Crippen LogP) is 0.276. The molecule has 1 aliphatic heterocycles. The minimum atomic E-state index is 0.00622. The summed E-state index contributed by atoms with van der Waals surface area (Å²) in [6.45, 7) is 4.57. The first kappa shape index (κ1) is 14.0. The van der Waals surface area contributed by atoms with Crippen LogP contribution in [0.2, 0.25) is 0 Å². The zero-order chi connectivity index (χ0) is 13.7. The van der Waals surface area contributed by atoms with Crippen LogP contribution in [0, 0.1) is 0 Å². The smallest absolute Gasteiger partial charge is 0.234 e. The third-order valence-electron chi connectivity index (χ3n) is 3.39. The fourth-order valence-corrected chi connectivity index (χ4v) is 2.14. The van der Waals surface area contributed by atoms with Gasteiger partial charge in [-0.15, -0.1) is 0 Å². The molecule has 1 amide bonds. The lowest BCUT2D eigenvalue weighted by Crippen LogP contribution is -2.44. The van der Waals surface area contributed by atoms with Crippen LogP contribution in [0.5, 0.6) is 0 Å². The molecule has 0 aromatic carbocycles. The van der Waals surface area contributed by atoms with Crippen molar-refractivity contribution in [1.82, 2.24) is 15.2 Å². The molecule has 2 heterocycles. The molecule has 6 heteroatoms. The van der Waals surface area contributed by atoms with E-state index in [4.69, 9.17) is 10.2 Å². The number of nitrogens with one attached hydrogen (secondary N) is 1. The van der Waals surface area contributed by atoms with E-state index >= 15 is 0 Å². The number of nitrogens with two attached hydrogens (primary N) is 1. The second-order valence-electron chi connectivity index (χ2n) is 4.96. The molecule has 3 N–H and O–H groups in total. The maximum Gasteiger partial charge on any atom is 0.234 e. The first-order valence-corrected chi connectivity index (χ1v) is 6.85. The average molecular weight is 266 g/mol. The van der Waals surface area contributed by atoms with E-state index in [0.717, 1.165) is 38.1 Å². The van der Waals surface area contributed by atoms with Crippen molar-refractivity contribution in [2.45, 2.75) is 38.8 Å². The number of hydrogen-bond acceptors (Lipinski definition) is 5. The van der Waals surface area contributed by atoms with Gasteiger partial charge in [-0.3, -0.25) is 9.69 Å². The molecule has 0 bridgehead atoms. The van der Waals surface area contributed by atoms with Crippen LogP contribution in [0.1, 0.15) is 31.4 Å². The quantitative estimate of drug-likeness (QED) is 0.799. The van der Waals surface area contributed by atoms with Gasteiger partial charge in [0.25, 0.3) is 0 Å². The molecular weight excluding hydrogens is 244 g/mol. The van der Waals surface area contributed by atoms with Crippen molar-refractivity contribution >= 4 is 5.91 Å². The van der Waals surface area contributed by atoms with Gasteiger partial charge in [0.2, 0.25) is 11.8 Å².